The molecule has 0 spiro atoms. The fraction of sp³-hybridized carbons (Fsp3) is 0.438. The number of carboxylic acids is 1. The van der Waals surface area contributed by atoms with Crippen molar-refractivity contribution in [3.8, 4) is 0 Å². The molecule has 0 aliphatic rings. The third-order valence-electron chi connectivity index (χ3n) is 3.17. The minimum absolute atomic E-state index is 0.0647. The van der Waals surface area contributed by atoms with E-state index in [0.717, 1.165) is 0 Å². The Morgan fingerprint density at radius 1 is 1.12 bits per heavy atom. The van der Waals surface area contributed by atoms with Crippen LogP contribution in [0.1, 0.15) is 29.6 Å². The predicted octanol–water partition coefficient (Wildman–Crippen LogP) is 3.00. The Morgan fingerprint density at radius 2 is 1.76 bits per heavy atom. The first kappa shape index (κ1) is 21.7. The second kappa shape index (κ2) is 10.6. The number of halogens is 3. The molecule has 0 heterocycles. The minimum Gasteiger partial charge on any atom is -0.480 e. The van der Waals surface area contributed by atoms with Gasteiger partial charge in [0, 0.05) is 18.5 Å². The number of esters is 1. The van der Waals surface area contributed by atoms with Gasteiger partial charge < -0.3 is 15.2 Å². The van der Waals surface area contributed by atoms with Crippen molar-refractivity contribution in [1.82, 2.24) is 5.32 Å². The summed E-state index contributed by atoms with van der Waals surface area (Å²) in [5, 5.41) is 11.9. The van der Waals surface area contributed by atoms with Gasteiger partial charge in [0.05, 0.1) is 6.42 Å². The van der Waals surface area contributed by atoms with Gasteiger partial charge in [-0.3, -0.25) is 14.4 Å². The number of hydrogen-bond acceptors (Lipinski definition) is 5. The average Bonchev–Trinajstić information content (AvgIpc) is 2.55. The molecule has 2 N–H and O–H groups in total. The average molecular weight is 411 g/mol. The third kappa shape index (κ3) is 9.65. The lowest BCUT2D eigenvalue weighted by molar-refractivity contribution is -0.144. The highest BCUT2D eigenvalue weighted by molar-refractivity contribution is 6.67. The molecule has 9 heteroatoms. The van der Waals surface area contributed by atoms with Gasteiger partial charge >= 0.3 is 11.9 Å². The fourth-order valence-electron chi connectivity index (χ4n) is 1.94. The molecule has 0 radical (unpaired) electrons. The number of rotatable bonds is 10. The Labute approximate surface area is 160 Å². The van der Waals surface area contributed by atoms with E-state index < -0.39 is 21.8 Å². The van der Waals surface area contributed by atoms with Crippen molar-refractivity contribution >= 4 is 52.5 Å². The van der Waals surface area contributed by atoms with Crippen LogP contribution in [0.15, 0.2) is 30.3 Å². The predicted molar refractivity (Wildman–Crippen MR) is 95.3 cm³/mol. The minimum atomic E-state index is -1.69. The number of ketones is 1. The smallest absolute Gasteiger partial charge is 0.320 e. The van der Waals surface area contributed by atoms with Crippen LogP contribution in [0.4, 0.5) is 0 Å². The highest BCUT2D eigenvalue weighted by Gasteiger charge is 2.23. The molecule has 138 valence electrons. The van der Waals surface area contributed by atoms with Crippen LogP contribution in [-0.4, -0.2) is 45.8 Å². The van der Waals surface area contributed by atoms with Crippen molar-refractivity contribution in [2.24, 2.45) is 0 Å². The number of alkyl halides is 3. The van der Waals surface area contributed by atoms with E-state index in [0.29, 0.717) is 5.56 Å². The number of nitrogens with one attached hydrogen (secondary N) is 1. The van der Waals surface area contributed by atoms with Gasteiger partial charge in [0.2, 0.25) is 3.79 Å². The molecular weight excluding hydrogens is 393 g/mol. The fourth-order valence-corrected chi connectivity index (χ4v) is 2.10. The van der Waals surface area contributed by atoms with Crippen molar-refractivity contribution in [3.05, 3.63) is 35.9 Å². The molecular formula is C16H18Cl3NO5. The maximum absolute atomic E-state index is 12.0. The van der Waals surface area contributed by atoms with Crippen LogP contribution in [0, 0.1) is 0 Å². The molecule has 0 aliphatic carbocycles. The molecule has 0 aliphatic heterocycles. The van der Waals surface area contributed by atoms with E-state index in [1.807, 2.05) is 0 Å². The maximum atomic E-state index is 12.0. The molecule has 0 aromatic heterocycles. The van der Waals surface area contributed by atoms with Crippen molar-refractivity contribution in [3.63, 3.8) is 0 Å². The lowest BCUT2D eigenvalue weighted by Crippen LogP contribution is -2.38. The van der Waals surface area contributed by atoms with E-state index >= 15 is 0 Å². The van der Waals surface area contributed by atoms with Gasteiger partial charge in [-0.2, -0.15) is 0 Å². The number of carbonyl (C=O) groups is 3. The molecule has 1 aromatic rings. The van der Waals surface area contributed by atoms with Gasteiger partial charge in [-0.25, -0.2) is 0 Å². The Morgan fingerprint density at radius 3 is 2.32 bits per heavy atom. The number of hydrogen-bond donors (Lipinski definition) is 2. The van der Waals surface area contributed by atoms with E-state index in [1.54, 1.807) is 30.3 Å². The third-order valence-corrected chi connectivity index (χ3v) is 3.50. The first-order chi connectivity index (χ1) is 11.7. The topological polar surface area (TPSA) is 92.7 Å². The summed E-state index contributed by atoms with van der Waals surface area (Å²) in [7, 11) is 0. The van der Waals surface area contributed by atoms with Crippen LogP contribution in [-0.2, 0) is 14.3 Å². The van der Waals surface area contributed by atoms with Gasteiger partial charge in [0.25, 0.3) is 0 Å². The molecule has 1 rings (SSSR count). The summed E-state index contributed by atoms with van der Waals surface area (Å²) < 4.78 is 3.04. The van der Waals surface area contributed by atoms with Crippen molar-refractivity contribution in [1.29, 1.82) is 0 Å². The number of ether oxygens (including phenoxy) is 1. The summed E-state index contributed by atoms with van der Waals surface area (Å²) in [6.07, 6.45) is 0.0924. The monoisotopic (exact) mass is 409 g/mol. The maximum Gasteiger partial charge on any atom is 0.320 e. The molecule has 0 saturated carbocycles. The normalized spacial score (nSPS) is 12.4. The van der Waals surface area contributed by atoms with Crippen LogP contribution < -0.4 is 5.32 Å². The molecule has 1 atom stereocenters. The highest BCUT2D eigenvalue weighted by Crippen LogP contribution is 2.25. The van der Waals surface area contributed by atoms with Crippen LogP contribution in [0.2, 0.25) is 0 Å². The summed E-state index contributed by atoms with van der Waals surface area (Å²) in [5.41, 5.74) is 0.530. The molecule has 1 aromatic carbocycles. The van der Waals surface area contributed by atoms with E-state index in [4.69, 9.17) is 39.5 Å². The Balaban J connectivity index is 2.36. The van der Waals surface area contributed by atoms with Gasteiger partial charge in [0.1, 0.15) is 12.6 Å². The van der Waals surface area contributed by atoms with Crippen LogP contribution in [0.5, 0.6) is 0 Å². The van der Waals surface area contributed by atoms with E-state index in [-0.39, 0.29) is 38.2 Å². The summed E-state index contributed by atoms with van der Waals surface area (Å²) in [6, 6.07) is 7.67. The number of benzene rings is 1. The number of carbonyl (C=O) groups excluding carboxylic acids is 2. The molecule has 0 bridgehead atoms. The van der Waals surface area contributed by atoms with Crippen LogP contribution in [0.25, 0.3) is 0 Å². The van der Waals surface area contributed by atoms with E-state index in [2.05, 4.69) is 5.32 Å². The van der Waals surface area contributed by atoms with Crippen LogP contribution >= 0.6 is 34.8 Å². The molecule has 0 saturated heterocycles. The molecule has 25 heavy (non-hydrogen) atoms. The zero-order valence-corrected chi connectivity index (χ0v) is 15.5. The first-order valence-corrected chi connectivity index (χ1v) is 8.59. The Hall–Kier alpha value is -1.34. The number of aliphatic carboxylic acids is 1. The zero-order valence-electron chi connectivity index (χ0n) is 13.2. The van der Waals surface area contributed by atoms with Crippen molar-refractivity contribution in [2.45, 2.75) is 29.1 Å². The second-order valence-electron chi connectivity index (χ2n) is 5.20. The lowest BCUT2D eigenvalue weighted by atomic mass is 10.0. The molecule has 0 amide bonds. The molecule has 0 fully saturated rings. The second-order valence-corrected chi connectivity index (χ2v) is 7.71. The van der Waals surface area contributed by atoms with Gasteiger partial charge in [0.15, 0.2) is 5.78 Å². The first-order valence-electron chi connectivity index (χ1n) is 7.46. The molecule has 6 nitrogen and oxygen atoms in total. The summed E-state index contributed by atoms with van der Waals surface area (Å²) >= 11 is 16.4. The number of carboxylic acid groups (broad SMARTS) is 1. The summed E-state index contributed by atoms with van der Waals surface area (Å²) in [6.45, 7) is -0.320. The standard InChI is InChI=1S/C16H18Cl3NO5/c17-16(18,19)10-25-14(22)8-9-20-12(15(23)24)6-7-13(21)11-4-2-1-3-5-11/h1-5,12,20H,6-10H2,(H,23,24). The van der Waals surface area contributed by atoms with Crippen molar-refractivity contribution < 1.29 is 24.2 Å². The van der Waals surface area contributed by atoms with Crippen molar-refractivity contribution in [2.75, 3.05) is 13.2 Å². The largest absolute Gasteiger partial charge is 0.480 e. The summed E-state index contributed by atoms with van der Waals surface area (Å²) in [5.74, 6) is -1.87. The van der Waals surface area contributed by atoms with E-state index in [9.17, 15) is 19.5 Å². The van der Waals surface area contributed by atoms with Crippen LogP contribution in [0.3, 0.4) is 0 Å². The Bertz CT molecular complexity index is 589. The van der Waals surface area contributed by atoms with E-state index in [1.165, 1.54) is 0 Å². The lowest BCUT2D eigenvalue weighted by Gasteiger charge is -2.15. The van der Waals surface area contributed by atoms with Gasteiger partial charge in [-0.05, 0) is 6.42 Å². The van der Waals surface area contributed by atoms with Gasteiger partial charge in [-0.15, -0.1) is 0 Å². The number of Topliss-reactive ketones (excluding diaryl/α,β-unsaturated/α-hetero) is 1. The highest BCUT2D eigenvalue weighted by atomic mass is 35.6. The van der Waals surface area contributed by atoms with Gasteiger partial charge in [-0.1, -0.05) is 65.1 Å². The summed E-state index contributed by atoms with van der Waals surface area (Å²) in [4.78, 5) is 34.7. The zero-order chi connectivity index (χ0) is 18.9. The quantitative estimate of drug-likeness (QED) is 0.350. The molecule has 1 unspecified atom stereocenters. The Kier molecular flexibility index (Phi) is 9.21. The SMILES string of the molecule is O=C(CCNC(CCC(=O)c1ccccc1)C(=O)O)OCC(Cl)(Cl)Cl.